The standard InChI is InChI=1S/C20H28N4O8/c1-11(25)17(24-18(29)13(21)9-12-5-3-2-4-6-12)19(30)22-10-15(26)23-14(20(31)32)7-8-16(27)28/h2-6,11,13-14,17,25H,7-10,21H2,1H3,(H,22,30)(H,23,26)(H,24,29)(H,27,28)(H,31,32). The zero-order valence-corrected chi connectivity index (χ0v) is 17.5. The quantitative estimate of drug-likeness (QED) is 0.176. The van der Waals surface area contributed by atoms with Gasteiger partial charge in [0, 0.05) is 6.42 Å². The van der Waals surface area contributed by atoms with Gasteiger partial charge in [-0.15, -0.1) is 0 Å². The average molecular weight is 452 g/mol. The Kier molecular flexibility index (Phi) is 10.8. The van der Waals surface area contributed by atoms with Gasteiger partial charge in [-0.25, -0.2) is 4.79 Å². The minimum Gasteiger partial charge on any atom is -0.481 e. The third-order valence-corrected chi connectivity index (χ3v) is 4.40. The molecule has 0 aliphatic heterocycles. The molecule has 0 saturated heterocycles. The van der Waals surface area contributed by atoms with E-state index in [-0.39, 0.29) is 12.8 Å². The largest absolute Gasteiger partial charge is 0.481 e. The lowest BCUT2D eigenvalue weighted by atomic mass is 10.0. The number of benzene rings is 1. The number of amides is 3. The van der Waals surface area contributed by atoms with Gasteiger partial charge < -0.3 is 37.0 Å². The van der Waals surface area contributed by atoms with E-state index in [0.717, 1.165) is 5.56 Å². The number of aliphatic carboxylic acids is 2. The number of aliphatic hydroxyl groups is 1. The Morgan fingerprint density at radius 1 is 1.00 bits per heavy atom. The smallest absolute Gasteiger partial charge is 0.326 e. The van der Waals surface area contributed by atoms with Gasteiger partial charge in [0.05, 0.1) is 18.7 Å². The Hall–Kier alpha value is -3.51. The van der Waals surface area contributed by atoms with Gasteiger partial charge in [0.1, 0.15) is 12.1 Å². The predicted molar refractivity (Wildman–Crippen MR) is 111 cm³/mol. The Bertz CT molecular complexity index is 815. The van der Waals surface area contributed by atoms with Crippen LogP contribution in [0.4, 0.5) is 0 Å². The van der Waals surface area contributed by atoms with Crippen LogP contribution in [0.3, 0.4) is 0 Å². The van der Waals surface area contributed by atoms with E-state index in [1.165, 1.54) is 6.92 Å². The summed E-state index contributed by atoms with van der Waals surface area (Å²) in [4.78, 5) is 58.3. The maximum Gasteiger partial charge on any atom is 0.326 e. The number of nitrogens with one attached hydrogen (secondary N) is 3. The molecule has 0 aliphatic rings. The summed E-state index contributed by atoms with van der Waals surface area (Å²) < 4.78 is 0. The fourth-order valence-corrected chi connectivity index (χ4v) is 2.67. The van der Waals surface area contributed by atoms with E-state index in [4.69, 9.17) is 15.9 Å². The highest BCUT2D eigenvalue weighted by atomic mass is 16.4. The molecule has 0 aromatic heterocycles. The molecule has 0 heterocycles. The molecule has 8 N–H and O–H groups in total. The maximum atomic E-state index is 12.3. The molecule has 32 heavy (non-hydrogen) atoms. The second-order valence-electron chi connectivity index (χ2n) is 7.13. The molecule has 4 atom stereocenters. The maximum absolute atomic E-state index is 12.3. The molecule has 4 unspecified atom stereocenters. The summed E-state index contributed by atoms with van der Waals surface area (Å²) in [5.41, 5.74) is 6.67. The van der Waals surface area contributed by atoms with Crippen LogP contribution in [0.2, 0.25) is 0 Å². The molecule has 0 saturated carbocycles. The van der Waals surface area contributed by atoms with Crippen LogP contribution >= 0.6 is 0 Å². The van der Waals surface area contributed by atoms with Crippen LogP contribution in [0.25, 0.3) is 0 Å². The number of carbonyl (C=O) groups is 5. The second kappa shape index (κ2) is 13.0. The van der Waals surface area contributed by atoms with Crippen molar-refractivity contribution in [1.82, 2.24) is 16.0 Å². The van der Waals surface area contributed by atoms with Crippen molar-refractivity contribution in [3.63, 3.8) is 0 Å². The van der Waals surface area contributed by atoms with Crippen molar-refractivity contribution in [2.45, 2.75) is 50.4 Å². The summed E-state index contributed by atoms with van der Waals surface area (Å²) in [5.74, 6) is -5.09. The zero-order chi connectivity index (χ0) is 24.3. The fourth-order valence-electron chi connectivity index (χ4n) is 2.67. The monoisotopic (exact) mass is 452 g/mol. The lowest BCUT2D eigenvalue weighted by Gasteiger charge is -2.23. The highest BCUT2D eigenvalue weighted by molar-refractivity contribution is 5.93. The second-order valence-corrected chi connectivity index (χ2v) is 7.13. The van der Waals surface area contributed by atoms with Gasteiger partial charge in [0.25, 0.3) is 0 Å². The van der Waals surface area contributed by atoms with E-state index in [2.05, 4.69) is 16.0 Å². The van der Waals surface area contributed by atoms with E-state index >= 15 is 0 Å². The molecular weight excluding hydrogens is 424 g/mol. The van der Waals surface area contributed by atoms with Crippen LogP contribution in [0.5, 0.6) is 0 Å². The Morgan fingerprint density at radius 2 is 1.62 bits per heavy atom. The number of nitrogens with two attached hydrogens (primary N) is 1. The van der Waals surface area contributed by atoms with Gasteiger partial charge in [-0.3, -0.25) is 19.2 Å². The van der Waals surface area contributed by atoms with Gasteiger partial charge in [-0.05, 0) is 25.3 Å². The summed E-state index contributed by atoms with van der Waals surface area (Å²) in [6.07, 6.45) is -1.91. The van der Waals surface area contributed by atoms with Crippen molar-refractivity contribution in [3.8, 4) is 0 Å². The third kappa shape index (κ3) is 9.53. The molecule has 1 aromatic rings. The van der Waals surface area contributed by atoms with Gasteiger partial charge >= 0.3 is 11.9 Å². The molecule has 12 heteroatoms. The first-order chi connectivity index (χ1) is 15.0. The Balaban J connectivity index is 2.60. The minimum atomic E-state index is -1.45. The summed E-state index contributed by atoms with van der Waals surface area (Å²) in [5, 5.41) is 34.2. The SMILES string of the molecule is CC(O)C(NC(=O)C(N)Cc1ccccc1)C(=O)NCC(=O)NC(CCC(=O)O)C(=O)O. The molecule has 0 aliphatic carbocycles. The number of carboxylic acids is 2. The van der Waals surface area contributed by atoms with Crippen LogP contribution in [-0.4, -0.2) is 75.8 Å². The van der Waals surface area contributed by atoms with E-state index in [1.54, 1.807) is 24.3 Å². The Morgan fingerprint density at radius 3 is 2.16 bits per heavy atom. The summed E-state index contributed by atoms with van der Waals surface area (Å²) in [6.45, 7) is 0.616. The molecule has 0 bridgehead atoms. The zero-order valence-electron chi connectivity index (χ0n) is 17.5. The molecule has 0 radical (unpaired) electrons. The molecule has 0 spiro atoms. The van der Waals surface area contributed by atoms with Crippen LogP contribution in [0.1, 0.15) is 25.3 Å². The molecule has 0 fully saturated rings. The van der Waals surface area contributed by atoms with E-state index < -0.39 is 66.9 Å². The third-order valence-electron chi connectivity index (χ3n) is 4.40. The van der Waals surface area contributed by atoms with Crippen LogP contribution in [0.15, 0.2) is 30.3 Å². The van der Waals surface area contributed by atoms with Crippen LogP contribution in [0, 0.1) is 0 Å². The van der Waals surface area contributed by atoms with E-state index in [9.17, 15) is 29.1 Å². The molecule has 12 nitrogen and oxygen atoms in total. The molecule has 3 amide bonds. The average Bonchev–Trinajstić information content (AvgIpc) is 2.73. The van der Waals surface area contributed by atoms with Crippen LogP contribution < -0.4 is 21.7 Å². The fraction of sp³-hybridized carbons (Fsp3) is 0.450. The first-order valence-corrected chi connectivity index (χ1v) is 9.80. The summed E-state index contributed by atoms with van der Waals surface area (Å²) in [7, 11) is 0. The minimum absolute atomic E-state index is 0.205. The highest BCUT2D eigenvalue weighted by Crippen LogP contribution is 2.03. The normalized spacial score (nSPS) is 14.3. The number of hydrogen-bond acceptors (Lipinski definition) is 7. The lowest BCUT2D eigenvalue weighted by molar-refractivity contribution is -0.143. The van der Waals surface area contributed by atoms with Crippen molar-refractivity contribution in [2.75, 3.05) is 6.54 Å². The summed E-state index contributed by atoms with van der Waals surface area (Å²) in [6, 6.07) is 5.11. The van der Waals surface area contributed by atoms with Gasteiger partial charge in [-0.1, -0.05) is 30.3 Å². The van der Waals surface area contributed by atoms with Crippen LogP contribution in [-0.2, 0) is 30.4 Å². The van der Waals surface area contributed by atoms with Gasteiger partial charge in [0.15, 0.2) is 0 Å². The highest BCUT2D eigenvalue weighted by Gasteiger charge is 2.28. The lowest BCUT2D eigenvalue weighted by Crippen LogP contribution is -2.57. The van der Waals surface area contributed by atoms with E-state index in [0.29, 0.717) is 0 Å². The molecule has 176 valence electrons. The van der Waals surface area contributed by atoms with Crippen molar-refractivity contribution < 1.29 is 39.3 Å². The molecule has 1 rings (SSSR count). The van der Waals surface area contributed by atoms with Crippen molar-refractivity contribution >= 4 is 29.7 Å². The number of carboxylic acid groups (broad SMARTS) is 2. The molecule has 1 aromatic carbocycles. The van der Waals surface area contributed by atoms with Gasteiger partial charge in [0.2, 0.25) is 17.7 Å². The summed E-state index contributed by atoms with van der Waals surface area (Å²) >= 11 is 0. The number of rotatable bonds is 13. The molecular formula is C20H28N4O8. The van der Waals surface area contributed by atoms with Crippen molar-refractivity contribution in [3.05, 3.63) is 35.9 Å². The van der Waals surface area contributed by atoms with Gasteiger partial charge in [-0.2, -0.15) is 0 Å². The number of hydrogen-bond donors (Lipinski definition) is 7. The van der Waals surface area contributed by atoms with Crippen molar-refractivity contribution in [1.29, 1.82) is 0 Å². The number of carbonyl (C=O) groups excluding carboxylic acids is 3. The van der Waals surface area contributed by atoms with Crippen molar-refractivity contribution in [2.24, 2.45) is 5.73 Å². The number of aliphatic hydroxyl groups excluding tert-OH is 1. The Labute approximate surface area is 184 Å². The topological polar surface area (TPSA) is 208 Å². The first-order valence-electron chi connectivity index (χ1n) is 9.80. The van der Waals surface area contributed by atoms with E-state index in [1.807, 2.05) is 6.07 Å². The first kappa shape index (κ1) is 26.5. The predicted octanol–water partition coefficient (Wildman–Crippen LogP) is -2.03.